The maximum Gasteiger partial charge on any atom is 0.256 e. The van der Waals surface area contributed by atoms with Crippen LogP contribution in [0.3, 0.4) is 0 Å². The number of carbonyl (C=O) groups is 1. The van der Waals surface area contributed by atoms with E-state index in [1.807, 2.05) is 48.5 Å². The summed E-state index contributed by atoms with van der Waals surface area (Å²) >= 11 is 6.43. The summed E-state index contributed by atoms with van der Waals surface area (Å²) in [6, 6.07) is 19.6. The summed E-state index contributed by atoms with van der Waals surface area (Å²) in [5.41, 5.74) is 3.04. The van der Waals surface area contributed by atoms with Crippen molar-refractivity contribution in [3.63, 3.8) is 0 Å². The Morgan fingerprint density at radius 1 is 1.12 bits per heavy atom. The molecule has 0 fully saturated rings. The first-order valence-electron chi connectivity index (χ1n) is 8.21. The molecule has 0 unspecified atom stereocenters. The lowest BCUT2D eigenvalue weighted by molar-refractivity contribution is 0.0951. The molecular weight excluding hydrogens is 334 g/mol. The number of carbonyl (C=O) groups excluding carboxylic acids is 1. The molecule has 0 aliphatic carbocycles. The normalized spacial score (nSPS) is 12.0. The molecule has 0 radical (unpaired) electrons. The molecule has 4 nitrogen and oxygen atoms in total. The third kappa shape index (κ3) is 3.74. The highest BCUT2D eigenvalue weighted by Crippen LogP contribution is 2.23. The Labute approximate surface area is 152 Å². The number of benzene rings is 2. The summed E-state index contributed by atoms with van der Waals surface area (Å²) in [5, 5.41) is 7.70. The van der Waals surface area contributed by atoms with Gasteiger partial charge >= 0.3 is 0 Å². The average molecular weight is 354 g/mol. The second kappa shape index (κ2) is 7.53. The van der Waals surface area contributed by atoms with Crippen LogP contribution in [0.15, 0.2) is 60.7 Å². The fraction of sp³-hybridized carbons (Fsp3) is 0.200. The van der Waals surface area contributed by atoms with E-state index in [9.17, 15) is 4.79 Å². The Morgan fingerprint density at radius 2 is 1.72 bits per heavy atom. The average Bonchev–Trinajstić information content (AvgIpc) is 2.95. The van der Waals surface area contributed by atoms with Crippen LogP contribution < -0.4 is 5.32 Å². The third-order valence-electron chi connectivity index (χ3n) is 4.17. The Balaban J connectivity index is 1.76. The lowest BCUT2D eigenvalue weighted by atomic mass is 10.0. The predicted octanol–water partition coefficient (Wildman–Crippen LogP) is 4.37. The predicted molar refractivity (Wildman–Crippen MR) is 101 cm³/mol. The molecule has 3 rings (SSSR count). The van der Waals surface area contributed by atoms with Crippen LogP contribution in [0.1, 0.15) is 34.5 Å². The van der Waals surface area contributed by atoms with E-state index in [1.54, 1.807) is 11.6 Å². The fourth-order valence-corrected chi connectivity index (χ4v) is 3.09. The number of aryl methyl sites for hydroxylation is 1. The van der Waals surface area contributed by atoms with Crippen LogP contribution in [-0.4, -0.2) is 22.2 Å². The molecule has 25 heavy (non-hydrogen) atoms. The lowest BCUT2D eigenvalue weighted by Crippen LogP contribution is -2.28. The zero-order valence-corrected chi connectivity index (χ0v) is 15.0. The molecule has 5 heteroatoms. The van der Waals surface area contributed by atoms with E-state index >= 15 is 0 Å². The van der Waals surface area contributed by atoms with E-state index in [4.69, 9.17) is 11.6 Å². The van der Waals surface area contributed by atoms with Gasteiger partial charge in [-0.3, -0.25) is 4.79 Å². The van der Waals surface area contributed by atoms with Crippen molar-refractivity contribution in [1.82, 2.24) is 15.1 Å². The molecule has 0 spiro atoms. The molecule has 1 N–H and O–H groups in total. The van der Waals surface area contributed by atoms with Gasteiger partial charge in [0.25, 0.3) is 5.91 Å². The number of rotatable bonds is 5. The molecule has 3 aromatic rings. The Morgan fingerprint density at radius 3 is 2.36 bits per heavy atom. The molecule has 0 bridgehead atoms. The van der Waals surface area contributed by atoms with Gasteiger partial charge in [-0.25, -0.2) is 4.68 Å². The number of hydrogen-bond donors (Lipinski definition) is 1. The number of nitrogens with zero attached hydrogens (tertiary/aromatic N) is 2. The summed E-state index contributed by atoms with van der Waals surface area (Å²) in [6.07, 6.45) is 0. The van der Waals surface area contributed by atoms with Crippen LogP contribution in [0.2, 0.25) is 5.15 Å². The molecule has 1 heterocycles. The number of amides is 1. The Kier molecular flexibility index (Phi) is 5.19. The van der Waals surface area contributed by atoms with Crippen LogP contribution in [0.25, 0.3) is 5.69 Å². The highest BCUT2D eigenvalue weighted by molar-refractivity contribution is 6.33. The number of hydrogen-bond acceptors (Lipinski definition) is 2. The lowest BCUT2D eigenvalue weighted by Gasteiger charge is -2.13. The molecule has 2 aromatic carbocycles. The SMILES string of the molecule is Cc1nn(-c2ccccc2)c(Cl)c1C(=O)NC[C@H](C)c1ccccc1. The maximum absolute atomic E-state index is 12.6. The minimum Gasteiger partial charge on any atom is -0.351 e. The summed E-state index contributed by atoms with van der Waals surface area (Å²) in [7, 11) is 0. The first kappa shape index (κ1) is 17.2. The number of halogens is 1. The van der Waals surface area contributed by atoms with Crippen LogP contribution in [-0.2, 0) is 0 Å². The van der Waals surface area contributed by atoms with Gasteiger partial charge in [-0.2, -0.15) is 5.10 Å². The van der Waals surface area contributed by atoms with Crippen molar-refractivity contribution in [2.75, 3.05) is 6.54 Å². The molecule has 1 atom stereocenters. The molecule has 0 saturated carbocycles. The molecule has 0 aliphatic rings. The summed E-state index contributed by atoms with van der Waals surface area (Å²) in [6.45, 7) is 4.41. The second-order valence-corrected chi connectivity index (χ2v) is 6.38. The maximum atomic E-state index is 12.6. The van der Waals surface area contributed by atoms with Gasteiger partial charge in [0, 0.05) is 6.54 Å². The largest absolute Gasteiger partial charge is 0.351 e. The van der Waals surface area contributed by atoms with Gasteiger partial charge in [0.2, 0.25) is 0 Å². The van der Waals surface area contributed by atoms with E-state index in [2.05, 4.69) is 29.5 Å². The van der Waals surface area contributed by atoms with Gasteiger partial charge in [-0.15, -0.1) is 0 Å². The van der Waals surface area contributed by atoms with Crippen molar-refractivity contribution in [2.45, 2.75) is 19.8 Å². The Bertz CT molecular complexity index is 859. The van der Waals surface area contributed by atoms with E-state index in [1.165, 1.54) is 5.56 Å². The zero-order chi connectivity index (χ0) is 17.8. The smallest absolute Gasteiger partial charge is 0.256 e. The van der Waals surface area contributed by atoms with Crippen molar-refractivity contribution in [2.24, 2.45) is 0 Å². The minimum atomic E-state index is -0.201. The third-order valence-corrected chi connectivity index (χ3v) is 4.52. The quantitative estimate of drug-likeness (QED) is 0.740. The number of nitrogens with one attached hydrogen (secondary N) is 1. The van der Waals surface area contributed by atoms with Gasteiger partial charge in [-0.05, 0) is 30.5 Å². The second-order valence-electron chi connectivity index (χ2n) is 6.02. The number of para-hydroxylation sites is 1. The van der Waals surface area contributed by atoms with E-state index < -0.39 is 0 Å². The fourth-order valence-electron chi connectivity index (χ4n) is 2.73. The van der Waals surface area contributed by atoms with Crippen LogP contribution in [0, 0.1) is 6.92 Å². The van der Waals surface area contributed by atoms with Gasteiger partial charge < -0.3 is 5.32 Å². The summed E-state index contributed by atoms with van der Waals surface area (Å²) in [4.78, 5) is 12.6. The van der Waals surface area contributed by atoms with Crippen molar-refractivity contribution in [3.8, 4) is 5.69 Å². The standard InChI is InChI=1S/C20H20ClN3O/c1-14(16-9-5-3-6-10-16)13-22-20(25)18-15(2)23-24(19(18)21)17-11-7-4-8-12-17/h3-12,14H,13H2,1-2H3,(H,22,25)/t14-/m0/s1. The highest BCUT2D eigenvalue weighted by atomic mass is 35.5. The molecule has 1 amide bonds. The summed E-state index contributed by atoms with van der Waals surface area (Å²) < 4.78 is 1.59. The zero-order valence-electron chi connectivity index (χ0n) is 14.2. The number of aromatic nitrogens is 2. The first-order chi connectivity index (χ1) is 12.1. The van der Waals surface area contributed by atoms with Crippen molar-refractivity contribution < 1.29 is 4.79 Å². The van der Waals surface area contributed by atoms with Crippen LogP contribution in [0.5, 0.6) is 0 Å². The van der Waals surface area contributed by atoms with Crippen molar-refractivity contribution in [3.05, 3.63) is 82.6 Å². The molecule has 0 saturated heterocycles. The minimum absolute atomic E-state index is 0.201. The van der Waals surface area contributed by atoms with E-state index in [0.717, 1.165) is 5.69 Å². The van der Waals surface area contributed by atoms with E-state index in [-0.39, 0.29) is 11.8 Å². The molecule has 1 aromatic heterocycles. The van der Waals surface area contributed by atoms with Gasteiger partial charge in [0.05, 0.1) is 16.9 Å². The van der Waals surface area contributed by atoms with Gasteiger partial charge in [0.15, 0.2) is 0 Å². The molecular formula is C20H20ClN3O. The van der Waals surface area contributed by atoms with Crippen molar-refractivity contribution >= 4 is 17.5 Å². The molecule has 0 aliphatic heterocycles. The van der Waals surface area contributed by atoms with Gasteiger partial charge in [0.1, 0.15) is 5.15 Å². The van der Waals surface area contributed by atoms with Crippen LogP contribution >= 0.6 is 11.6 Å². The molecule has 128 valence electrons. The Hall–Kier alpha value is -2.59. The first-order valence-corrected chi connectivity index (χ1v) is 8.59. The topological polar surface area (TPSA) is 46.9 Å². The van der Waals surface area contributed by atoms with E-state index in [0.29, 0.717) is 23.0 Å². The van der Waals surface area contributed by atoms with Crippen molar-refractivity contribution in [1.29, 1.82) is 0 Å². The monoisotopic (exact) mass is 353 g/mol. The highest BCUT2D eigenvalue weighted by Gasteiger charge is 2.21. The van der Waals surface area contributed by atoms with Gasteiger partial charge in [-0.1, -0.05) is 67.1 Å². The van der Waals surface area contributed by atoms with Crippen LogP contribution in [0.4, 0.5) is 0 Å². The summed E-state index contributed by atoms with van der Waals surface area (Å²) in [5.74, 6) is 0.0147.